The maximum atomic E-state index is 4.47. The maximum absolute atomic E-state index is 4.47. The van der Waals surface area contributed by atoms with Crippen molar-refractivity contribution in [1.82, 2.24) is 29.9 Å². The summed E-state index contributed by atoms with van der Waals surface area (Å²) in [4.78, 5) is 0. The second-order valence-electron chi connectivity index (χ2n) is 5.50. The van der Waals surface area contributed by atoms with Gasteiger partial charge in [-0.1, -0.05) is 17.8 Å². The Morgan fingerprint density at radius 3 is 2.83 bits per heavy atom. The summed E-state index contributed by atoms with van der Waals surface area (Å²) in [6.45, 7) is 6.76. The van der Waals surface area contributed by atoms with Crippen molar-refractivity contribution in [1.29, 1.82) is 0 Å². The molecule has 1 aliphatic heterocycles. The Labute approximate surface area is 147 Å². The van der Waals surface area contributed by atoms with E-state index in [1.807, 2.05) is 30.1 Å². The molecule has 0 aromatic carbocycles. The van der Waals surface area contributed by atoms with Crippen LogP contribution < -0.4 is 5.32 Å². The molecule has 3 rings (SSSR count). The molecule has 1 N–H and O–H groups in total. The summed E-state index contributed by atoms with van der Waals surface area (Å²) in [5, 5.41) is 17.5. The molecule has 1 fully saturated rings. The number of allylic oxidation sites excluding steroid dienone is 1. The number of aromatic nitrogens is 5. The molecule has 6 nitrogen and oxygen atoms in total. The standard InChI is InChI=1S/C15H22N6S.ClH/c1-3-10-21-14(12-4-7-16-8-5-12)18-19-15(21)22-11-13-6-9-17-20(13)2;/h3,6,9,12,16H,1,4-5,7-8,10-11H2,2H3;1H. The number of rotatable bonds is 6. The number of hydrogen-bond donors (Lipinski definition) is 1. The molecule has 0 bridgehead atoms. The first-order valence-corrected chi connectivity index (χ1v) is 8.62. The summed E-state index contributed by atoms with van der Waals surface area (Å²) in [6, 6.07) is 2.04. The second kappa shape index (κ2) is 8.52. The minimum absolute atomic E-state index is 0. The zero-order chi connectivity index (χ0) is 15.4. The number of aryl methyl sites for hydroxylation is 1. The normalized spacial score (nSPS) is 15.3. The number of hydrogen-bond acceptors (Lipinski definition) is 5. The summed E-state index contributed by atoms with van der Waals surface area (Å²) >= 11 is 1.71. The molecule has 0 aliphatic carbocycles. The summed E-state index contributed by atoms with van der Waals surface area (Å²) < 4.78 is 4.11. The SMILES string of the molecule is C=CCn1c(SCc2ccnn2C)nnc1C1CCNCC1.Cl. The Balaban J connectivity index is 0.00000192. The van der Waals surface area contributed by atoms with Gasteiger partial charge in [0.05, 0.1) is 0 Å². The molecule has 1 aliphatic rings. The predicted molar refractivity (Wildman–Crippen MR) is 95.1 cm³/mol. The number of halogens is 1. The second-order valence-corrected chi connectivity index (χ2v) is 6.44. The van der Waals surface area contributed by atoms with Crippen LogP contribution in [0.5, 0.6) is 0 Å². The van der Waals surface area contributed by atoms with Crippen molar-refractivity contribution in [3.63, 3.8) is 0 Å². The third-order valence-electron chi connectivity index (χ3n) is 4.03. The van der Waals surface area contributed by atoms with Crippen LogP contribution in [0.4, 0.5) is 0 Å². The van der Waals surface area contributed by atoms with E-state index in [1.54, 1.807) is 11.8 Å². The van der Waals surface area contributed by atoms with Gasteiger partial charge in [0.2, 0.25) is 0 Å². The van der Waals surface area contributed by atoms with Crippen LogP contribution in [0.1, 0.15) is 30.3 Å². The van der Waals surface area contributed by atoms with E-state index in [2.05, 4.69) is 31.8 Å². The molecule has 0 unspecified atom stereocenters. The van der Waals surface area contributed by atoms with Gasteiger partial charge in [-0.25, -0.2) is 0 Å². The third kappa shape index (κ3) is 4.16. The summed E-state index contributed by atoms with van der Waals surface area (Å²) in [5.41, 5.74) is 1.18. The summed E-state index contributed by atoms with van der Waals surface area (Å²) in [6.07, 6.45) is 6.00. The number of piperidine rings is 1. The molecule has 1 saturated heterocycles. The molecule has 0 saturated carbocycles. The van der Waals surface area contributed by atoms with Crippen LogP contribution in [0.25, 0.3) is 0 Å². The van der Waals surface area contributed by atoms with E-state index in [0.717, 1.165) is 49.2 Å². The molecule has 0 atom stereocenters. The van der Waals surface area contributed by atoms with E-state index >= 15 is 0 Å². The topological polar surface area (TPSA) is 60.6 Å². The van der Waals surface area contributed by atoms with Crippen LogP contribution in [0, 0.1) is 0 Å². The lowest BCUT2D eigenvalue weighted by atomic mass is 9.97. The van der Waals surface area contributed by atoms with Gasteiger partial charge in [0.1, 0.15) is 5.82 Å². The lowest BCUT2D eigenvalue weighted by Gasteiger charge is -2.22. The first-order valence-electron chi connectivity index (χ1n) is 7.64. The lowest BCUT2D eigenvalue weighted by Crippen LogP contribution is -2.28. The molecule has 0 amide bonds. The average Bonchev–Trinajstić information content (AvgIpc) is 3.13. The Bertz CT molecular complexity index is 632. The Morgan fingerprint density at radius 1 is 1.39 bits per heavy atom. The molecule has 3 heterocycles. The van der Waals surface area contributed by atoms with E-state index in [9.17, 15) is 0 Å². The molecule has 126 valence electrons. The van der Waals surface area contributed by atoms with Crippen LogP contribution in [0.15, 0.2) is 30.1 Å². The van der Waals surface area contributed by atoms with Crippen LogP contribution in [0.2, 0.25) is 0 Å². The van der Waals surface area contributed by atoms with Gasteiger partial charge < -0.3 is 9.88 Å². The zero-order valence-corrected chi connectivity index (χ0v) is 14.9. The molecule has 0 spiro atoms. The van der Waals surface area contributed by atoms with Crippen molar-refractivity contribution >= 4 is 24.2 Å². The van der Waals surface area contributed by atoms with Crippen molar-refractivity contribution in [3.8, 4) is 0 Å². The highest BCUT2D eigenvalue weighted by atomic mass is 35.5. The molecule has 0 radical (unpaired) electrons. The van der Waals surface area contributed by atoms with Crippen molar-refractivity contribution in [2.75, 3.05) is 13.1 Å². The van der Waals surface area contributed by atoms with E-state index < -0.39 is 0 Å². The smallest absolute Gasteiger partial charge is 0.191 e. The van der Waals surface area contributed by atoms with E-state index in [4.69, 9.17) is 0 Å². The Morgan fingerprint density at radius 2 is 2.17 bits per heavy atom. The third-order valence-corrected chi connectivity index (χ3v) is 5.03. The van der Waals surface area contributed by atoms with E-state index in [-0.39, 0.29) is 12.4 Å². The van der Waals surface area contributed by atoms with Crippen LogP contribution in [-0.2, 0) is 19.3 Å². The fourth-order valence-electron chi connectivity index (χ4n) is 2.77. The molecule has 2 aromatic rings. The highest BCUT2D eigenvalue weighted by molar-refractivity contribution is 7.98. The first kappa shape index (κ1) is 18.0. The molecule has 23 heavy (non-hydrogen) atoms. The Kier molecular flexibility index (Phi) is 6.68. The van der Waals surface area contributed by atoms with Crippen LogP contribution in [0.3, 0.4) is 0 Å². The maximum Gasteiger partial charge on any atom is 0.191 e. The van der Waals surface area contributed by atoms with Crippen LogP contribution in [-0.4, -0.2) is 37.6 Å². The van der Waals surface area contributed by atoms with Gasteiger partial charge in [0, 0.05) is 37.2 Å². The fourth-order valence-corrected chi connectivity index (χ4v) is 3.75. The van der Waals surface area contributed by atoms with Gasteiger partial charge in [-0.05, 0) is 32.0 Å². The molecular weight excluding hydrogens is 332 g/mol. The van der Waals surface area contributed by atoms with Crippen molar-refractivity contribution < 1.29 is 0 Å². The first-order chi connectivity index (χ1) is 10.8. The van der Waals surface area contributed by atoms with Crippen LogP contribution >= 0.6 is 24.2 Å². The highest BCUT2D eigenvalue weighted by Crippen LogP contribution is 2.28. The van der Waals surface area contributed by atoms with Crippen molar-refractivity contribution in [2.24, 2.45) is 7.05 Å². The monoisotopic (exact) mass is 354 g/mol. The molecular formula is C15H23ClN6S. The van der Waals surface area contributed by atoms with Gasteiger partial charge in [-0.2, -0.15) is 5.10 Å². The predicted octanol–water partition coefficient (Wildman–Crippen LogP) is 2.38. The molecule has 2 aromatic heterocycles. The minimum Gasteiger partial charge on any atom is -0.317 e. The average molecular weight is 355 g/mol. The molecule has 8 heteroatoms. The van der Waals surface area contributed by atoms with Gasteiger partial charge in [-0.15, -0.1) is 29.2 Å². The number of nitrogens with one attached hydrogen (secondary N) is 1. The highest BCUT2D eigenvalue weighted by Gasteiger charge is 2.22. The number of nitrogens with zero attached hydrogens (tertiary/aromatic N) is 5. The largest absolute Gasteiger partial charge is 0.317 e. The van der Waals surface area contributed by atoms with E-state index in [1.165, 1.54) is 5.69 Å². The van der Waals surface area contributed by atoms with Crippen molar-refractivity contribution in [2.45, 2.75) is 36.2 Å². The van der Waals surface area contributed by atoms with Gasteiger partial charge in [0.25, 0.3) is 0 Å². The van der Waals surface area contributed by atoms with Gasteiger partial charge in [0.15, 0.2) is 5.16 Å². The summed E-state index contributed by atoms with van der Waals surface area (Å²) in [7, 11) is 1.96. The zero-order valence-electron chi connectivity index (χ0n) is 13.3. The van der Waals surface area contributed by atoms with Gasteiger partial charge in [-0.3, -0.25) is 4.68 Å². The van der Waals surface area contributed by atoms with Gasteiger partial charge >= 0.3 is 0 Å². The fraction of sp³-hybridized carbons (Fsp3) is 0.533. The van der Waals surface area contributed by atoms with Crippen molar-refractivity contribution in [3.05, 3.63) is 36.4 Å². The summed E-state index contributed by atoms with van der Waals surface area (Å²) in [5.74, 6) is 2.45. The minimum atomic E-state index is 0. The Hall–Kier alpha value is -1.31. The van der Waals surface area contributed by atoms with E-state index in [0.29, 0.717) is 5.92 Å². The quantitative estimate of drug-likeness (QED) is 0.637. The number of thioether (sulfide) groups is 1. The lowest BCUT2D eigenvalue weighted by molar-refractivity contribution is 0.431.